The van der Waals surface area contributed by atoms with Gasteiger partial charge in [0.2, 0.25) is 0 Å². The number of hydrogen-bond donors (Lipinski definition) is 1. The zero-order valence-corrected chi connectivity index (χ0v) is 12.3. The molecular formula is C14H11BrN4O. The van der Waals surface area contributed by atoms with Crippen LogP contribution in [-0.2, 0) is 0 Å². The lowest BCUT2D eigenvalue weighted by Crippen LogP contribution is -2.11. The van der Waals surface area contributed by atoms with E-state index >= 15 is 0 Å². The number of rotatable bonds is 2. The second kappa shape index (κ2) is 5.05. The van der Waals surface area contributed by atoms with Gasteiger partial charge in [-0.1, -0.05) is 22.0 Å². The molecule has 100 valence electrons. The topological polar surface area (TPSA) is 59.3 Å². The minimum atomic E-state index is -0.205. The molecule has 0 atom stereocenters. The van der Waals surface area contributed by atoms with E-state index in [-0.39, 0.29) is 5.91 Å². The Morgan fingerprint density at radius 3 is 3.00 bits per heavy atom. The van der Waals surface area contributed by atoms with Crippen molar-refractivity contribution in [1.29, 1.82) is 0 Å². The molecular weight excluding hydrogens is 320 g/mol. The van der Waals surface area contributed by atoms with Crippen LogP contribution < -0.4 is 5.32 Å². The van der Waals surface area contributed by atoms with Crippen molar-refractivity contribution < 1.29 is 4.79 Å². The molecule has 20 heavy (non-hydrogen) atoms. The van der Waals surface area contributed by atoms with Crippen molar-refractivity contribution in [3.8, 4) is 0 Å². The second-order valence-corrected chi connectivity index (χ2v) is 5.24. The lowest BCUT2D eigenvalue weighted by molar-refractivity contribution is 0.102. The maximum absolute atomic E-state index is 12.3. The molecule has 1 N–H and O–H groups in total. The van der Waals surface area contributed by atoms with Crippen molar-refractivity contribution in [1.82, 2.24) is 14.6 Å². The van der Waals surface area contributed by atoms with E-state index in [1.54, 1.807) is 23.1 Å². The summed E-state index contributed by atoms with van der Waals surface area (Å²) in [5.41, 5.74) is 3.02. The van der Waals surface area contributed by atoms with Gasteiger partial charge in [0.1, 0.15) is 0 Å². The molecule has 0 bridgehead atoms. The van der Waals surface area contributed by atoms with Gasteiger partial charge in [0.25, 0.3) is 5.91 Å². The Labute approximate surface area is 123 Å². The molecule has 5 nitrogen and oxygen atoms in total. The average Bonchev–Trinajstić information content (AvgIpc) is 2.87. The maximum Gasteiger partial charge on any atom is 0.259 e. The first-order valence-corrected chi connectivity index (χ1v) is 6.79. The summed E-state index contributed by atoms with van der Waals surface area (Å²) in [6.45, 7) is 1.99. The SMILES string of the molecule is Cc1ccc(NC(=O)c2cnn3ccncc23)cc1Br. The number of hydrogen-bond acceptors (Lipinski definition) is 3. The highest BCUT2D eigenvalue weighted by atomic mass is 79.9. The number of fused-ring (bicyclic) bond motifs is 1. The van der Waals surface area contributed by atoms with Crippen LogP contribution in [0.3, 0.4) is 0 Å². The van der Waals surface area contributed by atoms with E-state index in [9.17, 15) is 4.79 Å². The number of halogens is 1. The molecule has 0 aliphatic heterocycles. The van der Waals surface area contributed by atoms with Crippen LogP contribution in [0, 0.1) is 6.92 Å². The number of benzene rings is 1. The van der Waals surface area contributed by atoms with Crippen LogP contribution in [0.5, 0.6) is 0 Å². The van der Waals surface area contributed by atoms with E-state index < -0.39 is 0 Å². The van der Waals surface area contributed by atoms with Gasteiger partial charge in [-0.25, -0.2) is 4.52 Å². The van der Waals surface area contributed by atoms with E-state index in [1.165, 1.54) is 6.20 Å². The molecule has 2 aromatic heterocycles. The lowest BCUT2D eigenvalue weighted by Gasteiger charge is -2.06. The van der Waals surface area contributed by atoms with E-state index in [4.69, 9.17) is 0 Å². The van der Waals surface area contributed by atoms with Gasteiger partial charge in [0, 0.05) is 22.6 Å². The largest absolute Gasteiger partial charge is 0.322 e. The van der Waals surface area contributed by atoms with E-state index in [2.05, 4.69) is 31.3 Å². The molecule has 3 aromatic rings. The number of nitrogens with one attached hydrogen (secondary N) is 1. The monoisotopic (exact) mass is 330 g/mol. The van der Waals surface area contributed by atoms with Gasteiger partial charge in [-0.3, -0.25) is 9.78 Å². The Morgan fingerprint density at radius 1 is 1.35 bits per heavy atom. The van der Waals surface area contributed by atoms with Gasteiger partial charge in [-0.2, -0.15) is 5.10 Å². The summed E-state index contributed by atoms with van der Waals surface area (Å²) in [5.74, 6) is -0.205. The predicted molar refractivity (Wildman–Crippen MR) is 79.8 cm³/mol. The molecule has 0 aliphatic carbocycles. The standard InChI is InChI=1S/C14H11BrN4O/c1-9-2-3-10(6-12(9)15)18-14(20)11-7-17-19-5-4-16-8-13(11)19/h2-8H,1H3,(H,18,20). The Balaban J connectivity index is 1.91. The predicted octanol–water partition coefficient (Wildman–Crippen LogP) is 3.05. The van der Waals surface area contributed by atoms with Crippen molar-refractivity contribution in [2.75, 3.05) is 5.32 Å². The summed E-state index contributed by atoms with van der Waals surface area (Å²) < 4.78 is 2.57. The Hall–Kier alpha value is -2.21. The van der Waals surface area contributed by atoms with E-state index in [0.717, 1.165) is 15.7 Å². The van der Waals surface area contributed by atoms with E-state index in [1.807, 2.05) is 25.1 Å². The summed E-state index contributed by atoms with van der Waals surface area (Å²) in [6, 6.07) is 5.68. The summed E-state index contributed by atoms with van der Waals surface area (Å²) in [4.78, 5) is 16.3. The number of aryl methyl sites for hydroxylation is 1. The summed E-state index contributed by atoms with van der Waals surface area (Å²) in [6.07, 6.45) is 6.48. The number of carbonyl (C=O) groups is 1. The van der Waals surface area contributed by atoms with Gasteiger partial charge in [0.15, 0.2) is 0 Å². The zero-order chi connectivity index (χ0) is 14.1. The van der Waals surface area contributed by atoms with Crippen molar-refractivity contribution >= 4 is 33.0 Å². The first kappa shape index (κ1) is 12.8. The third kappa shape index (κ3) is 2.30. The highest BCUT2D eigenvalue weighted by molar-refractivity contribution is 9.10. The minimum absolute atomic E-state index is 0.205. The molecule has 1 amide bonds. The van der Waals surface area contributed by atoms with Crippen LogP contribution in [0.1, 0.15) is 15.9 Å². The van der Waals surface area contributed by atoms with Crippen LogP contribution in [0.15, 0.2) is 47.5 Å². The fourth-order valence-electron chi connectivity index (χ4n) is 1.88. The molecule has 0 aliphatic rings. The van der Waals surface area contributed by atoms with Gasteiger partial charge in [-0.05, 0) is 24.6 Å². The van der Waals surface area contributed by atoms with Crippen LogP contribution >= 0.6 is 15.9 Å². The molecule has 0 unspecified atom stereocenters. The zero-order valence-electron chi connectivity index (χ0n) is 10.7. The smallest absolute Gasteiger partial charge is 0.259 e. The van der Waals surface area contributed by atoms with E-state index in [0.29, 0.717) is 11.1 Å². The molecule has 1 aromatic carbocycles. The first-order chi connectivity index (χ1) is 9.65. The fourth-order valence-corrected chi connectivity index (χ4v) is 2.26. The number of nitrogens with zero attached hydrogens (tertiary/aromatic N) is 3. The highest BCUT2D eigenvalue weighted by Gasteiger charge is 2.13. The number of amides is 1. The highest BCUT2D eigenvalue weighted by Crippen LogP contribution is 2.21. The number of carbonyl (C=O) groups excluding carboxylic acids is 1. The number of aromatic nitrogens is 3. The van der Waals surface area contributed by atoms with Crippen LogP contribution in [0.4, 0.5) is 5.69 Å². The molecule has 2 heterocycles. The normalized spacial score (nSPS) is 10.7. The minimum Gasteiger partial charge on any atom is -0.322 e. The third-order valence-electron chi connectivity index (χ3n) is 3.00. The molecule has 3 rings (SSSR count). The Bertz CT molecular complexity index is 797. The van der Waals surface area contributed by atoms with Crippen molar-refractivity contribution in [3.63, 3.8) is 0 Å². The number of anilines is 1. The fraction of sp³-hybridized carbons (Fsp3) is 0.0714. The van der Waals surface area contributed by atoms with Crippen LogP contribution in [0.25, 0.3) is 5.52 Å². The Morgan fingerprint density at radius 2 is 2.20 bits per heavy atom. The van der Waals surface area contributed by atoms with Crippen LogP contribution in [-0.4, -0.2) is 20.5 Å². The summed E-state index contributed by atoms with van der Waals surface area (Å²) >= 11 is 3.45. The molecule has 0 spiro atoms. The average molecular weight is 331 g/mol. The van der Waals surface area contributed by atoms with Gasteiger partial charge in [-0.15, -0.1) is 0 Å². The van der Waals surface area contributed by atoms with Gasteiger partial charge in [0.05, 0.1) is 23.5 Å². The molecule has 0 saturated heterocycles. The molecule has 0 fully saturated rings. The lowest BCUT2D eigenvalue weighted by atomic mass is 10.2. The first-order valence-electron chi connectivity index (χ1n) is 6.00. The maximum atomic E-state index is 12.3. The quantitative estimate of drug-likeness (QED) is 0.785. The third-order valence-corrected chi connectivity index (χ3v) is 3.85. The molecule has 0 radical (unpaired) electrons. The second-order valence-electron chi connectivity index (χ2n) is 4.38. The molecule has 0 saturated carbocycles. The summed E-state index contributed by atoms with van der Waals surface area (Å²) in [7, 11) is 0. The Kier molecular flexibility index (Phi) is 3.23. The van der Waals surface area contributed by atoms with Gasteiger partial charge < -0.3 is 5.32 Å². The van der Waals surface area contributed by atoms with Crippen LogP contribution in [0.2, 0.25) is 0 Å². The summed E-state index contributed by atoms with van der Waals surface area (Å²) in [5, 5.41) is 6.97. The molecule has 6 heteroatoms. The van der Waals surface area contributed by atoms with Crippen molar-refractivity contribution in [2.24, 2.45) is 0 Å². The van der Waals surface area contributed by atoms with Crippen molar-refractivity contribution in [2.45, 2.75) is 6.92 Å². The van der Waals surface area contributed by atoms with Crippen molar-refractivity contribution in [3.05, 3.63) is 58.6 Å². The van der Waals surface area contributed by atoms with Gasteiger partial charge >= 0.3 is 0 Å².